The standard InChI is InChI=1S/C17H21ClN4O2/c1-12(16(23)19-2)11-21(3)17(24)20-14-7-6-13(18)10-15(14)22-8-4-5-9-22/h4-10,12H,11H2,1-3H3,(H,19,23)(H,20,24)/t12-/m0/s1. The van der Waals surface area contributed by atoms with E-state index in [1.165, 1.54) is 4.90 Å². The lowest BCUT2D eigenvalue weighted by Crippen LogP contribution is -2.39. The molecule has 6 nitrogen and oxygen atoms in total. The van der Waals surface area contributed by atoms with Crippen LogP contribution in [-0.4, -0.2) is 42.0 Å². The minimum absolute atomic E-state index is 0.103. The molecule has 1 aromatic heterocycles. The second-order valence-corrected chi connectivity index (χ2v) is 6.01. The Hall–Kier alpha value is -2.47. The van der Waals surface area contributed by atoms with Gasteiger partial charge in [-0.2, -0.15) is 0 Å². The molecule has 2 N–H and O–H groups in total. The Bertz CT molecular complexity index is 715. The summed E-state index contributed by atoms with van der Waals surface area (Å²) in [6, 6.07) is 8.75. The van der Waals surface area contributed by atoms with Crippen LogP contribution in [0.25, 0.3) is 5.69 Å². The van der Waals surface area contributed by atoms with Crippen LogP contribution in [0.4, 0.5) is 10.5 Å². The largest absolute Gasteiger partial charge is 0.359 e. The molecule has 2 aromatic rings. The normalized spacial score (nSPS) is 11.7. The number of anilines is 1. The van der Waals surface area contributed by atoms with E-state index >= 15 is 0 Å². The highest BCUT2D eigenvalue weighted by atomic mass is 35.5. The zero-order valence-electron chi connectivity index (χ0n) is 13.9. The van der Waals surface area contributed by atoms with Crippen LogP contribution in [0.15, 0.2) is 42.7 Å². The topological polar surface area (TPSA) is 66.4 Å². The molecule has 0 aliphatic heterocycles. The van der Waals surface area contributed by atoms with Gasteiger partial charge >= 0.3 is 6.03 Å². The molecule has 0 saturated heterocycles. The second-order valence-electron chi connectivity index (χ2n) is 5.58. The molecule has 1 heterocycles. The predicted octanol–water partition coefficient (Wildman–Crippen LogP) is 2.98. The lowest BCUT2D eigenvalue weighted by Gasteiger charge is -2.22. The van der Waals surface area contributed by atoms with Gasteiger partial charge in [-0.1, -0.05) is 18.5 Å². The molecule has 0 fully saturated rings. The van der Waals surface area contributed by atoms with Gasteiger partial charge in [0, 0.05) is 38.1 Å². The second kappa shape index (κ2) is 7.88. The minimum atomic E-state index is -0.292. The van der Waals surface area contributed by atoms with Gasteiger partial charge in [0.15, 0.2) is 0 Å². The molecule has 0 unspecified atom stereocenters. The van der Waals surface area contributed by atoms with E-state index in [4.69, 9.17) is 11.6 Å². The maximum atomic E-state index is 12.4. The number of hydrogen-bond donors (Lipinski definition) is 2. The van der Waals surface area contributed by atoms with Crippen molar-refractivity contribution in [2.24, 2.45) is 5.92 Å². The lowest BCUT2D eigenvalue weighted by atomic mass is 10.1. The highest BCUT2D eigenvalue weighted by Gasteiger charge is 2.18. The Morgan fingerprint density at radius 1 is 1.29 bits per heavy atom. The van der Waals surface area contributed by atoms with E-state index < -0.39 is 0 Å². The number of hydrogen-bond acceptors (Lipinski definition) is 2. The van der Waals surface area contributed by atoms with Gasteiger partial charge in [0.1, 0.15) is 0 Å². The molecule has 2 rings (SSSR count). The van der Waals surface area contributed by atoms with Gasteiger partial charge in [-0.3, -0.25) is 4.79 Å². The Balaban J connectivity index is 2.13. The monoisotopic (exact) mass is 348 g/mol. The zero-order chi connectivity index (χ0) is 17.7. The van der Waals surface area contributed by atoms with Crippen molar-refractivity contribution in [3.63, 3.8) is 0 Å². The highest BCUT2D eigenvalue weighted by Crippen LogP contribution is 2.25. The summed E-state index contributed by atoms with van der Waals surface area (Å²) >= 11 is 6.07. The summed E-state index contributed by atoms with van der Waals surface area (Å²) in [6.45, 7) is 2.09. The van der Waals surface area contributed by atoms with Crippen LogP contribution < -0.4 is 10.6 Å². The molecule has 1 atom stereocenters. The number of rotatable bonds is 5. The first-order chi connectivity index (χ1) is 11.4. The van der Waals surface area contributed by atoms with Crippen LogP contribution in [0.3, 0.4) is 0 Å². The van der Waals surface area contributed by atoms with Crippen molar-refractivity contribution in [2.75, 3.05) is 26.0 Å². The molecule has 0 aliphatic rings. The summed E-state index contributed by atoms with van der Waals surface area (Å²) in [6.07, 6.45) is 3.75. The molecule has 3 amide bonds. The fraction of sp³-hybridized carbons (Fsp3) is 0.294. The number of amides is 3. The van der Waals surface area contributed by atoms with Crippen LogP contribution in [-0.2, 0) is 4.79 Å². The van der Waals surface area contributed by atoms with Crippen molar-refractivity contribution >= 4 is 29.2 Å². The summed E-state index contributed by atoms with van der Waals surface area (Å²) in [5, 5.41) is 6.02. The smallest absolute Gasteiger partial charge is 0.321 e. The predicted molar refractivity (Wildman–Crippen MR) is 95.7 cm³/mol. The highest BCUT2D eigenvalue weighted by molar-refractivity contribution is 6.30. The van der Waals surface area contributed by atoms with E-state index in [1.54, 1.807) is 39.2 Å². The Morgan fingerprint density at radius 2 is 1.96 bits per heavy atom. The van der Waals surface area contributed by atoms with Crippen molar-refractivity contribution < 1.29 is 9.59 Å². The number of nitrogens with zero attached hydrogens (tertiary/aromatic N) is 2. The number of carbonyl (C=O) groups is 2. The van der Waals surface area contributed by atoms with E-state index in [1.807, 2.05) is 29.1 Å². The van der Waals surface area contributed by atoms with E-state index in [0.29, 0.717) is 17.3 Å². The van der Waals surface area contributed by atoms with Gasteiger partial charge < -0.3 is 20.1 Å². The van der Waals surface area contributed by atoms with Crippen LogP contribution >= 0.6 is 11.6 Å². The summed E-state index contributed by atoms with van der Waals surface area (Å²) in [5.41, 5.74) is 1.41. The first-order valence-electron chi connectivity index (χ1n) is 7.59. The lowest BCUT2D eigenvalue weighted by molar-refractivity contribution is -0.124. The number of halogens is 1. The average molecular weight is 349 g/mol. The summed E-state index contributed by atoms with van der Waals surface area (Å²) in [5.74, 6) is -0.394. The zero-order valence-corrected chi connectivity index (χ0v) is 14.7. The fourth-order valence-electron chi connectivity index (χ4n) is 2.35. The maximum Gasteiger partial charge on any atom is 0.321 e. The molecule has 7 heteroatoms. The van der Waals surface area contributed by atoms with Crippen molar-refractivity contribution in [3.8, 4) is 5.69 Å². The Morgan fingerprint density at radius 3 is 2.58 bits per heavy atom. The Kier molecular flexibility index (Phi) is 5.87. The first-order valence-corrected chi connectivity index (χ1v) is 7.96. The van der Waals surface area contributed by atoms with E-state index in [-0.39, 0.29) is 17.9 Å². The molecular formula is C17H21ClN4O2. The van der Waals surface area contributed by atoms with Gasteiger partial charge in [0.05, 0.1) is 17.3 Å². The average Bonchev–Trinajstić information content (AvgIpc) is 3.09. The van der Waals surface area contributed by atoms with E-state index in [0.717, 1.165) is 5.69 Å². The molecule has 0 radical (unpaired) electrons. The third-order valence-corrected chi connectivity index (χ3v) is 3.91. The van der Waals surface area contributed by atoms with Gasteiger partial charge in [-0.05, 0) is 30.3 Å². The van der Waals surface area contributed by atoms with Crippen molar-refractivity contribution in [3.05, 3.63) is 47.7 Å². The molecule has 1 aromatic carbocycles. The molecule has 0 spiro atoms. The third kappa shape index (κ3) is 4.29. The Labute approximate surface area is 146 Å². The molecule has 128 valence electrons. The maximum absolute atomic E-state index is 12.4. The minimum Gasteiger partial charge on any atom is -0.359 e. The molecule has 24 heavy (non-hydrogen) atoms. The quantitative estimate of drug-likeness (QED) is 0.872. The fourth-order valence-corrected chi connectivity index (χ4v) is 2.52. The van der Waals surface area contributed by atoms with Crippen LogP contribution in [0, 0.1) is 5.92 Å². The van der Waals surface area contributed by atoms with E-state index in [2.05, 4.69) is 10.6 Å². The summed E-state index contributed by atoms with van der Waals surface area (Å²) in [4.78, 5) is 25.5. The first kappa shape index (κ1) is 17.9. The van der Waals surface area contributed by atoms with Crippen molar-refractivity contribution in [2.45, 2.75) is 6.92 Å². The van der Waals surface area contributed by atoms with Crippen LogP contribution in [0.1, 0.15) is 6.92 Å². The summed E-state index contributed by atoms with van der Waals surface area (Å²) in [7, 11) is 3.23. The van der Waals surface area contributed by atoms with Gasteiger partial charge in [-0.25, -0.2) is 4.79 Å². The van der Waals surface area contributed by atoms with Crippen molar-refractivity contribution in [1.82, 2.24) is 14.8 Å². The van der Waals surface area contributed by atoms with E-state index in [9.17, 15) is 9.59 Å². The van der Waals surface area contributed by atoms with Gasteiger partial charge in [-0.15, -0.1) is 0 Å². The number of aromatic nitrogens is 1. The molecule has 0 bridgehead atoms. The van der Waals surface area contributed by atoms with Crippen LogP contribution in [0.2, 0.25) is 5.02 Å². The number of benzene rings is 1. The van der Waals surface area contributed by atoms with Crippen molar-refractivity contribution in [1.29, 1.82) is 0 Å². The third-order valence-electron chi connectivity index (χ3n) is 3.67. The van der Waals surface area contributed by atoms with Gasteiger partial charge in [0.2, 0.25) is 5.91 Å². The SMILES string of the molecule is CNC(=O)[C@@H](C)CN(C)C(=O)Nc1ccc(Cl)cc1-n1cccc1. The summed E-state index contributed by atoms with van der Waals surface area (Å²) < 4.78 is 1.87. The molecule has 0 saturated carbocycles. The van der Waals surface area contributed by atoms with Gasteiger partial charge in [0.25, 0.3) is 0 Å². The molecular weight excluding hydrogens is 328 g/mol. The number of nitrogens with one attached hydrogen (secondary N) is 2. The van der Waals surface area contributed by atoms with Crippen LogP contribution in [0.5, 0.6) is 0 Å². The number of urea groups is 1. The number of carbonyl (C=O) groups excluding carboxylic acids is 2. The molecule has 0 aliphatic carbocycles.